The highest BCUT2D eigenvalue weighted by Gasteiger charge is 2.36. The van der Waals surface area contributed by atoms with E-state index in [0.717, 1.165) is 49.9 Å². The van der Waals surface area contributed by atoms with Gasteiger partial charge < -0.3 is 14.3 Å². The topological polar surface area (TPSA) is 62.9 Å². The zero-order valence-electron chi connectivity index (χ0n) is 13.3. The maximum Gasteiger partial charge on any atom is 0.334 e. The fourth-order valence-corrected chi connectivity index (χ4v) is 3.36. The number of hydrogen-bond donors (Lipinski definition) is 1. The predicted octanol–water partition coefficient (Wildman–Crippen LogP) is 2.15. The molecule has 3 rings (SSSR count). The number of nitrogens with zero attached hydrogens (tertiary/aromatic N) is 1. The van der Waals surface area contributed by atoms with Crippen molar-refractivity contribution in [3.05, 3.63) is 23.7 Å². The Bertz CT molecular complexity index is 518. The molecule has 1 aliphatic heterocycles. The van der Waals surface area contributed by atoms with Crippen LogP contribution in [0, 0.1) is 11.8 Å². The number of esters is 1. The second-order valence-corrected chi connectivity index (χ2v) is 6.71. The molecule has 0 spiro atoms. The molecule has 0 bridgehead atoms. The Morgan fingerprint density at radius 2 is 2.14 bits per heavy atom. The van der Waals surface area contributed by atoms with Crippen molar-refractivity contribution >= 4 is 5.97 Å². The molecule has 1 N–H and O–H groups in total. The lowest BCUT2D eigenvalue weighted by Gasteiger charge is -2.32. The van der Waals surface area contributed by atoms with Crippen molar-refractivity contribution in [2.75, 3.05) is 20.2 Å². The summed E-state index contributed by atoms with van der Waals surface area (Å²) >= 11 is 0. The van der Waals surface area contributed by atoms with Gasteiger partial charge in [0.05, 0.1) is 13.7 Å². The Labute approximate surface area is 131 Å². The first kappa shape index (κ1) is 15.6. The van der Waals surface area contributed by atoms with Crippen molar-refractivity contribution in [1.82, 2.24) is 4.90 Å². The number of rotatable bonds is 5. The molecule has 122 valence electrons. The van der Waals surface area contributed by atoms with Gasteiger partial charge in [-0.05, 0) is 56.3 Å². The number of likely N-dealkylation sites (tertiary alicyclic amines) is 1. The Hall–Kier alpha value is -1.33. The van der Waals surface area contributed by atoms with Gasteiger partial charge in [0.2, 0.25) is 0 Å². The summed E-state index contributed by atoms with van der Waals surface area (Å²) in [7, 11) is 1.32. The van der Waals surface area contributed by atoms with Gasteiger partial charge in [-0.25, -0.2) is 4.79 Å². The average molecular weight is 307 g/mol. The number of carbonyl (C=O) groups is 1. The lowest BCUT2D eigenvalue weighted by Crippen LogP contribution is -2.40. The lowest BCUT2D eigenvalue weighted by molar-refractivity contribution is -0.154. The third-order valence-electron chi connectivity index (χ3n) is 5.06. The third-order valence-corrected chi connectivity index (χ3v) is 5.06. The molecule has 5 heteroatoms. The van der Waals surface area contributed by atoms with Crippen LogP contribution in [0.1, 0.15) is 43.6 Å². The molecule has 2 aliphatic rings. The van der Waals surface area contributed by atoms with Gasteiger partial charge in [-0.15, -0.1) is 0 Å². The first-order valence-corrected chi connectivity index (χ1v) is 8.15. The second kappa shape index (κ2) is 6.42. The minimum Gasteiger partial charge on any atom is -0.467 e. The van der Waals surface area contributed by atoms with E-state index >= 15 is 0 Å². The van der Waals surface area contributed by atoms with Crippen LogP contribution in [0.2, 0.25) is 0 Å². The summed E-state index contributed by atoms with van der Waals surface area (Å²) < 4.78 is 10.6. The van der Waals surface area contributed by atoms with E-state index in [-0.39, 0.29) is 5.92 Å². The van der Waals surface area contributed by atoms with E-state index in [1.165, 1.54) is 13.5 Å². The van der Waals surface area contributed by atoms with Crippen LogP contribution in [0.5, 0.6) is 0 Å². The van der Waals surface area contributed by atoms with Gasteiger partial charge in [0.25, 0.3) is 0 Å². The summed E-state index contributed by atoms with van der Waals surface area (Å²) in [5.41, 5.74) is 0. The molecule has 0 radical (unpaired) electrons. The Balaban J connectivity index is 1.47. The summed E-state index contributed by atoms with van der Waals surface area (Å²) in [5.74, 6) is 3.00. The molecule has 5 nitrogen and oxygen atoms in total. The normalized spacial score (nSPS) is 27.6. The maximum absolute atomic E-state index is 11.4. The lowest BCUT2D eigenvalue weighted by atomic mass is 9.91. The van der Waals surface area contributed by atoms with Crippen molar-refractivity contribution in [3.63, 3.8) is 0 Å². The fourth-order valence-electron chi connectivity index (χ4n) is 3.36. The first-order chi connectivity index (χ1) is 10.6. The van der Waals surface area contributed by atoms with Crippen LogP contribution in [-0.4, -0.2) is 42.3 Å². The van der Waals surface area contributed by atoms with Gasteiger partial charge in [0, 0.05) is 5.92 Å². The van der Waals surface area contributed by atoms with E-state index in [4.69, 9.17) is 4.42 Å². The molecule has 1 aliphatic carbocycles. The van der Waals surface area contributed by atoms with E-state index in [0.29, 0.717) is 5.92 Å². The number of carbonyl (C=O) groups excluding carboxylic acids is 1. The van der Waals surface area contributed by atoms with Crippen LogP contribution in [0.15, 0.2) is 16.5 Å². The quantitative estimate of drug-likeness (QED) is 0.845. The number of hydrogen-bond acceptors (Lipinski definition) is 5. The minimum atomic E-state index is -0.987. The van der Waals surface area contributed by atoms with Gasteiger partial charge in [-0.2, -0.15) is 0 Å². The van der Waals surface area contributed by atoms with Crippen LogP contribution in [0.3, 0.4) is 0 Å². The number of piperidine rings is 1. The molecule has 1 saturated heterocycles. The largest absolute Gasteiger partial charge is 0.467 e. The van der Waals surface area contributed by atoms with Crippen molar-refractivity contribution in [2.45, 2.75) is 44.8 Å². The van der Waals surface area contributed by atoms with Crippen molar-refractivity contribution in [2.24, 2.45) is 11.8 Å². The molecule has 1 aromatic rings. The predicted molar refractivity (Wildman–Crippen MR) is 81.3 cm³/mol. The summed E-state index contributed by atoms with van der Waals surface area (Å²) in [4.78, 5) is 13.7. The van der Waals surface area contributed by atoms with Gasteiger partial charge >= 0.3 is 5.97 Å². The number of ether oxygens (including phenoxy) is 1. The van der Waals surface area contributed by atoms with E-state index in [1.807, 2.05) is 0 Å². The first-order valence-electron chi connectivity index (χ1n) is 8.15. The SMILES string of the molecule is COC(=O)[C@H](O)C1CCN(Cc2ccc([C@@H]3C[C@H]3C)o2)CC1. The van der Waals surface area contributed by atoms with Crippen LogP contribution in [-0.2, 0) is 16.1 Å². The molecular weight excluding hydrogens is 282 g/mol. The van der Waals surface area contributed by atoms with E-state index in [9.17, 15) is 9.90 Å². The van der Waals surface area contributed by atoms with Crippen LogP contribution in [0.25, 0.3) is 0 Å². The Kier molecular flexibility index (Phi) is 4.54. The molecule has 2 heterocycles. The number of aliphatic hydroxyl groups excluding tert-OH is 1. The number of furan rings is 1. The van der Waals surface area contributed by atoms with E-state index in [1.54, 1.807) is 0 Å². The highest BCUT2D eigenvalue weighted by Crippen LogP contribution is 2.47. The van der Waals surface area contributed by atoms with Crippen molar-refractivity contribution < 1.29 is 19.1 Å². The summed E-state index contributed by atoms with van der Waals surface area (Å²) in [6.07, 6.45) is 1.87. The second-order valence-electron chi connectivity index (χ2n) is 6.71. The maximum atomic E-state index is 11.4. The highest BCUT2D eigenvalue weighted by atomic mass is 16.5. The Morgan fingerprint density at radius 3 is 2.73 bits per heavy atom. The van der Waals surface area contributed by atoms with Crippen LogP contribution >= 0.6 is 0 Å². The van der Waals surface area contributed by atoms with Crippen molar-refractivity contribution in [3.8, 4) is 0 Å². The van der Waals surface area contributed by atoms with Crippen molar-refractivity contribution in [1.29, 1.82) is 0 Å². The molecule has 0 unspecified atom stereocenters. The fraction of sp³-hybridized carbons (Fsp3) is 0.706. The van der Waals surface area contributed by atoms with Gasteiger partial charge in [-0.1, -0.05) is 6.92 Å². The standard InChI is InChI=1S/C17H25NO4/c1-11-9-14(11)15-4-3-13(22-15)10-18-7-5-12(6-8-18)16(19)17(20)21-2/h3-4,11-12,14,16,19H,5-10H2,1-2H3/t11-,14-,16-/m1/s1. The minimum absolute atomic E-state index is 0.00294. The number of aliphatic hydroxyl groups is 1. The molecule has 22 heavy (non-hydrogen) atoms. The van der Waals surface area contributed by atoms with Crippen LogP contribution < -0.4 is 0 Å². The van der Waals surface area contributed by atoms with Gasteiger partial charge in [0.1, 0.15) is 11.5 Å². The van der Waals surface area contributed by atoms with E-state index < -0.39 is 12.1 Å². The summed E-state index contributed by atoms with van der Waals surface area (Å²) in [5, 5.41) is 9.90. The van der Waals surface area contributed by atoms with E-state index in [2.05, 4.69) is 28.7 Å². The van der Waals surface area contributed by atoms with Gasteiger partial charge in [0.15, 0.2) is 6.10 Å². The zero-order chi connectivity index (χ0) is 15.7. The van der Waals surface area contributed by atoms with Gasteiger partial charge in [-0.3, -0.25) is 4.90 Å². The zero-order valence-corrected chi connectivity index (χ0v) is 13.3. The number of methoxy groups -OCH3 is 1. The third kappa shape index (κ3) is 3.36. The average Bonchev–Trinajstić information content (AvgIpc) is 3.08. The summed E-state index contributed by atoms with van der Waals surface area (Å²) in [6.45, 7) is 4.80. The molecule has 0 aromatic carbocycles. The Morgan fingerprint density at radius 1 is 1.45 bits per heavy atom. The monoisotopic (exact) mass is 307 g/mol. The molecule has 1 aromatic heterocycles. The molecular formula is C17H25NO4. The molecule has 3 atom stereocenters. The summed E-state index contributed by atoms with van der Waals surface area (Å²) in [6, 6.07) is 4.19. The van der Waals surface area contributed by atoms with Crippen LogP contribution in [0.4, 0.5) is 0 Å². The smallest absolute Gasteiger partial charge is 0.334 e. The molecule has 1 saturated carbocycles. The molecule has 0 amide bonds. The highest BCUT2D eigenvalue weighted by molar-refractivity contribution is 5.74. The molecule has 2 fully saturated rings.